The van der Waals surface area contributed by atoms with E-state index in [1.54, 1.807) is 0 Å². The number of hydrogen-bond donors (Lipinski definition) is 2. The molecule has 0 bridgehead atoms. The minimum Gasteiger partial charge on any atom is -0.393 e. The third-order valence-corrected chi connectivity index (χ3v) is 10.3. The highest BCUT2D eigenvalue weighted by atomic mass is 79.9. The zero-order valence-corrected chi connectivity index (χ0v) is 18.3. The Morgan fingerprint density at radius 3 is 2.48 bits per heavy atom. The Balaban J connectivity index is 1.73. The van der Waals surface area contributed by atoms with E-state index >= 15 is 0 Å². The van der Waals surface area contributed by atoms with Crippen molar-refractivity contribution in [3.63, 3.8) is 0 Å². The molecule has 5 heteroatoms. The molecule has 8 atom stereocenters. The maximum atomic E-state index is 13.6. The first-order valence-electron chi connectivity index (χ1n) is 10.5. The molecule has 0 heterocycles. The average Bonchev–Trinajstić information content (AvgIpc) is 2.87. The van der Waals surface area contributed by atoms with Crippen LogP contribution < -0.4 is 0 Å². The second kappa shape index (κ2) is 6.12. The molecule has 152 valence electrons. The van der Waals surface area contributed by atoms with Gasteiger partial charge in [0.05, 0.1) is 11.4 Å². The average molecular weight is 441 g/mol. The lowest BCUT2D eigenvalue weighted by Crippen LogP contribution is -2.64. The van der Waals surface area contributed by atoms with Gasteiger partial charge in [0.2, 0.25) is 0 Å². The van der Waals surface area contributed by atoms with Gasteiger partial charge in [0.15, 0.2) is 5.78 Å². The molecule has 0 aromatic heterocycles. The third-order valence-electron chi connectivity index (χ3n) is 9.77. The smallest absolute Gasteiger partial charge is 0.175 e. The molecule has 0 radical (unpaired) electrons. The van der Waals surface area contributed by atoms with Crippen LogP contribution in [0.1, 0.15) is 72.1 Å². The number of alkyl halides is 1. The maximum absolute atomic E-state index is 13.6. The van der Waals surface area contributed by atoms with Crippen molar-refractivity contribution >= 4 is 27.5 Å². The number of Topliss-reactive ketones (excluding diaryl/α,β-unsaturated/α-hetero) is 2. The number of rotatable bonds is 2. The molecule has 0 spiro atoms. The Labute approximate surface area is 170 Å². The first kappa shape index (κ1) is 20.0. The predicted octanol–water partition coefficient (Wildman–Crippen LogP) is 3.65. The number of halogens is 1. The highest BCUT2D eigenvalue weighted by Crippen LogP contribution is 2.70. The van der Waals surface area contributed by atoms with Crippen LogP contribution in [-0.2, 0) is 9.59 Å². The number of carbonyl (C=O) groups excluding carboxylic acids is 2. The van der Waals surface area contributed by atoms with Gasteiger partial charge in [-0.1, -0.05) is 36.7 Å². The van der Waals surface area contributed by atoms with Gasteiger partial charge in [-0.15, -0.1) is 0 Å². The summed E-state index contributed by atoms with van der Waals surface area (Å²) < 4.78 is 0. The largest absolute Gasteiger partial charge is 0.393 e. The van der Waals surface area contributed by atoms with E-state index < -0.39 is 11.0 Å². The SMILES string of the molecule is C[C@@]12CC[C@@H]3[C@H]4CC[C@](O)(C(=O)CBr)[C@]4(C)CC(=O)[C@@H]3[C@]1(C)CC[C@H](O)C2. The van der Waals surface area contributed by atoms with Crippen molar-refractivity contribution in [2.45, 2.75) is 83.8 Å². The van der Waals surface area contributed by atoms with Crippen LogP contribution in [0.2, 0.25) is 0 Å². The fraction of sp³-hybridized carbons (Fsp3) is 0.909. The van der Waals surface area contributed by atoms with Crippen molar-refractivity contribution in [3.8, 4) is 0 Å². The highest BCUT2D eigenvalue weighted by Gasteiger charge is 2.70. The molecular formula is C22H33BrO4. The second-order valence-corrected chi connectivity index (χ2v) is 11.2. The molecular weight excluding hydrogens is 408 g/mol. The molecule has 4 fully saturated rings. The minimum atomic E-state index is -1.38. The summed E-state index contributed by atoms with van der Waals surface area (Å²) in [6.07, 6.45) is 5.80. The van der Waals surface area contributed by atoms with E-state index in [4.69, 9.17) is 0 Å². The summed E-state index contributed by atoms with van der Waals surface area (Å²) in [7, 11) is 0. The summed E-state index contributed by atoms with van der Waals surface area (Å²) in [4.78, 5) is 26.2. The topological polar surface area (TPSA) is 74.6 Å². The van der Waals surface area contributed by atoms with Gasteiger partial charge in [-0.3, -0.25) is 9.59 Å². The van der Waals surface area contributed by atoms with E-state index in [0.717, 1.165) is 38.5 Å². The molecule has 2 N–H and O–H groups in total. The summed E-state index contributed by atoms with van der Waals surface area (Å²) in [5, 5.41) is 21.8. The first-order chi connectivity index (χ1) is 12.5. The van der Waals surface area contributed by atoms with Gasteiger partial charge in [-0.2, -0.15) is 0 Å². The Kier molecular flexibility index (Phi) is 4.54. The first-order valence-corrected chi connectivity index (χ1v) is 11.7. The minimum absolute atomic E-state index is 0.00301. The number of carbonyl (C=O) groups is 2. The van der Waals surface area contributed by atoms with Crippen LogP contribution in [0.25, 0.3) is 0 Å². The molecule has 4 aliphatic carbocycles. The molecule has 0 aromatic carbocycles. The highest BCUT2D eigenvalue weighted by molar-refractivity contribution is 9.09. The lowest BCUT2D eigenvalue weighted by molar-refractivity contribution is -0.191. The van der Waals surface area contributed by atoms with E-state index in [9.17, 15) is 19.8 Å². The molecule has 0 aromatic rings. The van der Waals surface area contributed by atoms with E-state index in [2.05, 4.69) is 29.8 Å². The summed E-state index contributed by atoms with van der Waals surface area (Å²) >= 11 is 3.23. The molecule has 27 heavy (non-hydrogen) atoms. The Morgan fingerprint density at radius 1 is 1.11 bits per heavy atom. The number of aliphatic hydroxyl groups is 2. The molecule has 4 aliphatic rings. The van der Waals surface area contributed by atoms with Gasteiger partial charge in [-0.25, -0.2) is 0 Å². The van der Waals surface area contributed by atoms with Crippen molar-refractivity contribution in [1.82, 2.24) is 0 Å². The fourth-order valence-corrected chi connectivity index (χ4v) is 8.44. The molecule has 0 unspecified atom stereocenters. The van der Waals surface area contributed by atoms with Crippen LogP contribution in [0.4, 0.5) is 0 Å². The Morgan fingerprint density at radius 2 is 1.81 bits per heavy atom. The number of aliphatic hydroxyl groups excluding tert-OH is 1. The van der Waals surface area contributed by atoms with Crippen LogP contribution in [0.3, 0.4) is 0 Å². The second-order valence-electron chi connectivity index (χ2n) is 10.7. The molecule has 4 nitrogen and oxygen atoms in total. The van der Waals surface area contributed by atoms with Crippen LogP contribution in [0.5, 0.6) is 0 Å². The van der Waals surface area contributed by atoms with E-state index in [-0.39, 0.29) is 51.6 Å². The van der Waals surface area contributed by atoms with Crippen molar-refractivity contribution in [2.24, 2.45) is 34.0 Å². The van der Waals surface area contributed by atoms with E-state index in [0.29, 0.717) is 12.8 Å². The van der Waals surface area contributed by atoms with Gasteiger partial charge < -0.3 is 10.2 Å². The van der Waals surface area contributed by atoms with Crippen molar-refractivity contribution in [3.05, 3.63) is 0 Å². The third kappa shape index (κ3) is 2.40. The van der Waals surface area contributed by atoms with Gasteiger partial charge in [0, 0.05) is 17.8 Å². The predicted molar refractivity (Wildman–Crippen MR) is 106 cm³/mol. The van der Waals surface area contributed by atoms with Gasteiger partial charge in [0.25, 0.3) is 0 Å². The standard InChI is InChI=1S/C22H33BrO4/c1-19-7-5-14-15-6-9-22(27,17(26)12-23)21(15,3)11-16(25)18(14)20(19,2)8-4-13(24)10-19/h13-15,18,24,27H,4-12H2,1-3H3/t13-,14+,15+,18+,19-,20-,21+,22-/m0/s1. The van der Waals surface area contributed by atoms with Crippen LogP contribution in [-0.4, -0.2) is 38.8 Å². The summed E-state index contributed by atoms with van der Waals surface area (Å²) in [5.41, 5.74) is -2.12. The number of ketones is 2. The summed E-state index contributed by atoms with van der Waals surface area (Å²) in [5.74, 6) is 0.545. The molecule has 0 amide bonds. The van der Waals surface area contributed by atoms with Gasteiger partial charge in [0.1, 0.15) is 11.4 Å². The lowest BCUT2D eigenvalue weighted by Gasteiger charge is -2.64. The Hall–Kier alpha value is -0.260. The van der Waals surface area contributed by atoms with Crippen molar-refractivity contribution < 1.29 is 19.8 Å². The number of hydrogen-bond acceptors (Lipinski definition) is 4. The summed E-state index contributed by atoms with van der Waals surface area (Å²) in [6.45, 7) is 6.53. The molecule has 0 saturated heterocycles. The van der Waals surface area contributed by atoms with Crippen molar-refractivity contribution in [1.29, 1.82) is 0 Å². The molecule has 4 saturated carbocycles. The maximum Gasteiger partial charge on any atom is 0.175 e. The van der Waals surface area contributed by atoms with Crippen LogP contribution in [0, 0.1) is 34.0 Å². The number of fused-ring (bicyclic) bond motifs is 5. The van der Waals surface area contributed by atoms with E-state index in [1.807, 2.05) is 6.92 Å². The Bertz CT molecular complexity index is 679. The zero-order chi connectivity index (χ0) is 19.8. The zero-order valence-electron chi connectivity index (χ0n) is 16.8. The van der Waals surface area contributed by atoms with Crippen molar-refractivity contribution in [2.75, 3.05) is 5.33 Å². The van der Waals surface area contributed by atoms with E-state index in [1.165, 1.54) is 0 Å². The van der Waals surface area contributed by atoms with Crippen LogP contribution in [0.15, 0.2) is 0 Å². The quantitative estimate of drug-likeness (QED) is 0.642. The lowest BCUT2D eigenvalue weighted by atomic mass is 9.40. The fourth-order valence-electron chi connectivity index (χ4n) is 7.97. The van der Waals surface area contributed by atoms with Crippen LogP contribution >= 0.6 is 15.9 Å². The van der Waals surface area contributed by atoms with Gasteiger partial charge >= 0.3 is 0 Å². The normalized spacial score (nSPS) is 54.8. The monoisotopic (exact) mass is 440 g/mol. The molecule has 0 aliphatic heterocycles. The summed E-state index contributed by atoms with van der Waals surface area (Å²) in [6, 6.07) is 0. The molecule has 4 rings (SSSR count). The van der Waals surface area contributed by atoms with Gasteiger partial charge in [-0.05, 0) is 67.6 Å².